The van der Waals surface area contributed by atoms with Crippen molar-refractivity contribution in [3.8, 4) is 23.0 Å². The summed E-state index contributed by atoms with van der Waals surface area (Å²) in [6.07, 6.45) is 0. The Morgan fingerprint density at radius 1 is 1.19 bits per heavy atom. The fourth-order valence-corrected chi connectivity index (χ4v) is 4.15. The van der Waals surface area contributed by atoms with E-state index < -0.39 is 0 Å². The van der Waals surface area contributed by atoms with E-state index in [1.54, 1.807) is 14.0 Å². The molecule has 0 radical (unpaired) electrons. The van der Waals surface area contributed by atoms with Crippen molar-refractivity contribution in [2.45, 2.75) is 31.7 Å². The lowest BCUT2D eigenvalue weighted by Crippen LogP contribution is -2.10. The summed E-state index contributed by atoms with van der Waals surface area (Å²) in [4.78, 5) is 28.3. The smallest absolute Gasteiger partial charge is 0.279 e. The number of nitrogens with zero attached hydrogens (tertiary/aromatic N) is 4. The molecule has 0 fully saturated rings. The van der Waals surface area contributed by atoms with Crippen LogP contribution in [0.2, 0.25) is 0 Å². The third kappa shape index (κ3) is 4.02. The van der Waals surface area contributed by atoms with Gasteiger partial charge in [0.25, 0.3) is 5.56 Å². The zero-order valence-electron chi connectivity index (χ0n) is 18.0. The van der Waals surface area contributed by atoms with Gasteiger partial charge in [0, 0.05) is 18.4 Å². The molecule has 4 aromatic rings. The Morgan fingerprint density at radius 2 is 2.00 bits per heavy atom. The first kappa shape index (κ1) is 21.0. The van der Waals surface area contributed by atoms with Crippen LogP contribution < -0.4 is 15.0 Å². The molecule has 3 heterocycles. The normalized spacial score (nSPS) is 11.3. The number of oxazole rings is 1. The van der Waals surface area contributed by atoms with E-state index in [4.69, 9.17) is 13.9 Å². The third-order valence-electron chi connectivity index (χ3n) is 4.75. The molecule has 31 heavy (non-hydrogen) atoms. The fraction of sp³-hybridized carbons (Fsp3) is 0.333. The molecule has 0 amide bonds. The van der Waals surface area contributed by atoms with Gasteiger partial charge in [0.15, 0.2) is 27.8 Å². The van der Waals surface area contributed by atoms with E-state index in [1.165, 1.54) is 11.8 Å². The number of H-pyrrole nitrogens is 1. The number of benzene rings is 1. The van der Waals surface area contributed by atoms with Gasteiger partial charge in [0.2, 0.25) is 5.89 Å². The molecule has 0 unspecified atom stereocenters. The predicted molar refractivity (Wildman–Crippen MR) is 118 cm³/mol. The van der Waals surface area contributed by atoms with Crippen LogP contribution in [0.5, 0.6) is 11.5 Å². The minimum absolute atomic E-state index is 0.241. The molecule has 0 saturated heterocycles. The monoisotopic (exact) mass is 441 g/mol. The number of nitrogens with one attached hydrogen (secondary N) is 1. The molecule has 0 aliphatic rings. The van der Waals surface area contributed by atoms with Crippen LogP contribution in [-0.4, -0.2) is 38.2 Å². The molecule has 4 rings (SSSR count). The first-order chi connectivity index (χ1) is 14.9. The molecule has 0 aliphatic carbocycles. The minimum atomic E-state index is -0.241. The minimum Gasteiger partial charge on any atom is -0.493 e. The van der Waals surface area contributed by atoms with Crippen LogP contribution in [0, 0.1) is 13.8 Å². The van der Waals surface area contributed by atoms with E-state index in [0.717, 1.165) is 17.0 Å². The second-order valence-electron chi connectivity index (χ2n) is 6.89. The summed E-state index contributed by atoms with van der Waals surface area (Å²) in [6.45, 7) is 6.10. The van der Waals surface area contributed by atoms with Crippen molar-refractivity contribution >= 4 is 22.9 Å². The van der Waals surface area contributed by atoms with Crippen LogP contribution in [-0.2, 0) is 12.8 Å². The van der Waals surface area contributed by atoms with Crippen molar-refractivity contribution < 1.29 is 13.9 Å². The maximum atomic E-state index is 12.1. The van der Waals surface area contributed by atoms with Gasteiger partial charge in [-0.1, -0.05) is 11.8 Å². The predicted octanol–water partition coefficient (Wildman–Crippen LogP) is 3.63. The van der Waals surface area contributed by atoms with Crippen LogP contribution in [0.25, 0.3) is 22.6 Å². The van der Waals surface area contributed by atoms with Crippen LogP contribution in [0.15, 0.2) is 32.6 Å². The lowest BCUT2D eigenvalue weighted by Gasteiger charge is -2.09. The third-order valence-corrected chi connectivity index (χ3v) is 5.79. The summed E-state index contributed by atoms with van der Waals surface area (Å²) in [5, 5.41) is 0.685. The highest BCUT2D eigenvalue weighted by molar-refractivity contribution is 7.98. The quantitative estimate of drug-likeness (QED) is 0.433. The Morgan fingerprint density at radius 3 is 2.74 bits per heavy atom. The molecule has 1 N–H and O–H groups in total. The number of methoxy groups -OCH3 is 1. The number of fused-ring (bicyclic) bond motifs is 1. The summed E-state index contributed by atoms with van der Waals surface area (Å²) in [6, 6.07) is 5.58. The number of aryl methyl sites for hydroxylation is 3. The van der Waals surface area contributed by atoms with E-state index in [2.05, 4.69) is 19.9 Å². The summed E-state index contributed by atoms with van der Waals surface area (Å²) in [5.41, 5.74) is 2.25. The molecule has 162 valence electrons. The molecular weight excluding hydrogens is 418 g/mol. The first-order valence-electron chi connectivity index (χ1n) is 9.75. The lowest BCUT2D eigenvalue weighted by molar-refractivity contribution is 0.311. The first-order valence-corrected chi connectivity index (χ1v) is 10.7. The SMILES string of the molecule is CCOc1ccc(-c2nc(CSc3nc4c(=O)[nH]c(C)nc4n3C)c(C)o2)cc1OC. The lowest BCUT2D eigenvalue weighted by atomic mass is 10.2. The Kier molecular flexibility index (Phi) is 5.73. The Hall–Kier alpha value is -3.27. The number of rotatable bonds is 7. The van der Waals surface area contributed by atoms with E-state index in [-0.39, 0.29) is 5.56 Å². The van der Waals surface area contributed by atoms with Gasteiger partial charge in [-0.2, -0.15) is 0 Å². The summed E-state index contributed by atoms with van der Waals surface area (Å²) in [7, 11) is 3.44. The number of ether oxygens (including phenoxy) is 2. The van der Waals surface area contributed by atoms with Gasteiger partial charge >= 0.3 is 0 Å². The topological polar surface area (TPSA) is 108 Å². The van der Waals surface area contributed by atoms with Gasteiger partial charge in [-0.25, -0.2) is 15.0 Å². The van der Waals surface area contributed by atoms with Crippen molar-refractivity contribution in [3.63, 3.8) is 0 Å². The molecule has 10 heteroatoms. The Bertz CT molecular complexity index is 1310. The van der Waals surface area contributed by atoms with Gasteiger partial charge in [-0.15, -0.1) is 0 Å². The zero-order chi connectivity index (χ0) is 22.1. The molecule has 1 aromatic carbocycles. The average molecular weight is 442 g/mol. The van der Waals surface area contributed by atoms with Crippen LogP contribution >= 0.6 is 11.8 Å². The van der Waals surface area contributed by atoms with Crippen LogP contribution in [0.3, 0.4) is 0 Å². The highest BCUT2D eigenvalue weighted by Crippen LogP contribution is 2.34. The van der Waals surface area contributed by atoms with Crippen LogP contribution in [0.4, 0.5) is 0 Å². The van der Waals surface area contributed by atoms with Gasteiger partial charge in [0.1, 0.15) is 11.6 Å². The number of aromatic amines is 1. The van der Waals surface area contributed by atoms with Crippen molar-refractivity contribution in [1.29, 1.82) is 0 Å². The van der Waals surface area contributed by atoms with Crippen molar-refractivity contribution in [2.24, 2.45) is 7.05 Å². The van der Waals surface area contributed by atoms with Crippen LogP contribution in [0.1, 0.15) is 24.2 Å². The number of imidazole rings is 1. The maximum absolute atomic E-state index is 12.1. The average Bonchev–Trinajstić information content (AvgIpc) is 3.27. The molecule has 0 bridgehead atoms. The van der Waals surface area contributed by atoms with Gasteiger partial charge in [-0.05, 0) is 39.0 Å². The fourth-order valence-electron chi connectivity index (χ4n) is 3.18. The maximum Gasteiger partial charge on any atom is 0.279 e. The second kappa shape index (κ2) is 8.46. The van der Waals surface area contributed by atoms with Gasteiger partial charge < -0.3 is 23.4 Å². The molecule has 0 saturated carbocycles. The largest absolute Gasteiger partial charge is 0.493 e. The number of aromatic nitrogens is 5. The molecule has 0 spiro atoms. The van der Waals surface area contributed by atoms with Crippen molar-refractivity contribution in [1.82, 2.24) is 24.5 Å². The number of thioether (sulfide) groups is 1. The highest BCUT2D eigenvalue weighted by atomic mass is 32.2. The summed E-state index contributed by atoms with van der Waals surface area (Å²) >= 11 is 1.47. The Labute approximate surface area is 182 Å². The van der Waals surface area contributed by atoms with Gasteiger partial charge in [0.05, 0.1) is 19.4 Å². The summed E-state index contributed by atoms with van der Waals surface area (Å²) < 4.78 is 18.7. The standard InChI is InChI=1S/C21H23N5O4S/c1-6-29-15-8-7-13(9-16(15)28-5)20-24-14(11(2)30-20)10-31-21-25-17-18(26(21)4)22-12(3)23-19(17)27/h7-9H,6,10H2,1-5H3,(H,22,23,27). The van der Waals surface area contributed by atoms with E-state index in [0.29, 0.717) is 51.9 Å². The highest BCUT2D eigenvalue weighted by Gasteiger charge is 2.17. The molecule has 3 aromatic heterocycles. The van der Waals surface area contributed by atoms with Crippen molar-refractivity contribution in [3.05, 3.63) is 45.8 Å². The number of hydrogen-bond acceptors (Lipinski definition) is 8. The van der Waals surface area contributed by atoms with Crippen molar-refractivity contribution in [2.75, 3.05) is 13.7 Å². The van der Waals surface area contributed by atoms with E-state index in [9.17, 15) is 4.79 Å². The molecule has 9 nitrogen and oxygen atoms in total. The second-order valence-corrected chi connectivity index (χ2v) is 7.83. The number of hydrogen-bond donors (Lipinski definition) is 1. The molecule has 0 atom stereocenters. The Balaban J connectivity index is 1.58. The summed E-state index contributed by atoms with van der Waals surface area (Å²) in [5.74, 6) is 3.62. The van der Waals surface area contributed by atoms with Gasteiger partial charge in [-0.3, -0.25) is 4.79 Å². The van der Waals surface area contributed by atoms with E-state index in [1.807, 2.05) is 43.7 Å². The van der Waals surface area contributed by atoms with E-state index >= 15 is 0 Å². The zero-order valence-corrected chi connectivity index (χ0v) is 18.8. The molecular formula is C21H23N5O4S. The molecule has 0 aliphatic heterocycles.